The van der Waals surface area contributed by atoms with Crippen molar-refractivity contribution in [2.45, 2.75) is 36.9 Å². The predicted molar refractivity (Wildman–Crippen MR) is 111 cm³/mol. The first-order valence-corrected chi connectivity index (χ1v) is 11.8. The van der Waals surface area contributed by atoms with Crippen molar-refractivity contribution in [1.82, 2.24) is 4.31 Å². The summed E-state index contributed by atoms with van der Waals surface area (Å²) in [5.74, 6) is -0.234. The highest BCUT2D eigenvalue weighted by Gasteiger charge is 2.41. The van der Waals surface area contributed by atoms with Crippen LogP contribution in [0.2, 0.25) is 0 Å². The number of rotatable bonds is 4. The summed E-state index contributed by atoms with van der Waals surface area (Å²) < 4.78 is 68.5. The molecule has 2 aliphatic heterocycles. The number of ether oxygens (including phenoxy) is 1. The van der Waals surface area contributed by atoms with Crippen LogP contribution in [0.5, 0.6) is 5.75 Å². The van der Waals surface area contributed by atoms with E-state index in [0.29, 0.717) is 18.0 Å². The highest BCUT2D eigenvalue weighted by atomic mass is 32.2. The summed E-state index contributed by atoms with van der Waals surface area (Å²) in [5, 5.41) is 0. The van der Waals surface area contributed by atoms with E-state index in [1.165, 1.54) is 12.1 Å². The molecule has 0 atom stereocenters. The van der Waals surface area contributed by atoms with Crippen LogP contribution in [0.3, 0.4) is 0 Å². The fourth-order valence-electron chi connectivity index (χ4n) is 4.64. The second kappa shape index (κ2) is 8.35. The van der Waals surface area contributed by atoms with Crippen molar-refractivity contribution in [3.8, 4) is 5.75 Å². The van der Waals surface area contributed by atoms with Gasteiger partial charge in [0.25, 0.3) is 0 Å². The molecule has 0 aromatic heterocycles. The van der Waals surface area contributed by atoms with Crippen molar-refractivity contribution in [3.63, 3.8) is 0 Å². The van der Waals surface area contributed by atoms with Gasteiger partial charge in [-0.25, -0.2) is 8.42 Å². The van der Waals surface area contributed by atoms with Gasteiger partial charge in [0.15, 0.2) is 0 Å². The van der Waals surface area contributed by atoms with Crippen molar-refractivity contribution >= 4 is 15.7 Å². The Morgan fingerprint density at radius 1 is 0.871 bits per heavy atom. The minimum atomic E-state index is -4.70. The van der Waals surface area contributed by atoms with Gasteiger partial charge in [-0.2, -0.15) is 4.31 Å². The third-order valence-corrected chi connectivity index (χ3v) is 8.17. The van der Waals surface area contributed by atoms with Gasteiger partial charge in [0.05, 0.1) is 4.90 Å². The summed E-state index contributed by atoms with van der Waals surface area (Å²) in [7, 11) is -3.49. The lowest BCUT2D eigenvalue weighted by molar-refractivity contribution is -0.274. The van der Waals surface area contributed by atoms with Crippen molar-refractivity contribution < 1.29 is 26.3 Å². The Bertz CT molecular complexity index is 987. The van der Waals surface area contributed by atoms with Crippen LogP contribution in [0, 0.1) is 5.41 Å². The van der Waals surface area contributed by atoms with Gasteiger partial charge in [-0.05, 0) is 67.5 Å². The van der Waals surface area contributed by atoms with E-state index in [-0.39, 0.29) is 11.2 Å². The summed E-state index contributed by atoms with van der Waals surface area (Å²) in [5.41, 5.74) is 0.871. The number of sulfonamides is 1. The summed E-state index contributed by atoms with van der Waals surface area (Å²) in [6, 6.07) is 14.4. The molecule has 2 aromatic rings. The number of halogens is 3. The molecule has 0 bridgehead atoms. The van der Waals surface area contributed by atoms with Gasteiger partial charge >= 0.3 is 6.36 Å². The zero-order valence-electron chi connectivity index (χ0n) is 17.0. The molecule has 0 saturated carbocycles. The second-order valence-electron chi connectivity index (χ2n) is 8.28. The molecule has 0 unspecified atom stereocenters. The van der Waals surface area contributed by atoms with Gasteiger partial charge in [-0.3, -0.25) is 0 Å². The summed E-state index contributed by atoms with van der Waals surface area (Å²) in [6.45, 7) is 2.55. The van der Waals surface area contributed by atoms with Gasteiger partial charge in [0.1, 0.15) is 5.75 Å². The molecule has 0 radical (unpaired) electrons. The maximum Gasteiger partial charge on any atom is 0.573 e. The van der Waals surface area contributed by atoms with Crippen molar-refractivity contribution in [1.29, 1.82) is 0 Å². The molecule has 0 aliphatic carbocycles. The van der Waals surface area contributed by atoms with E-state index in [0.717, 1.165) is 44.5 Å². The lowest BCUT2D eigenvalue weighted by Crippen LogP contribution is -2.50. The Hall–Kier alpha value is -2.26. The maximum atomic E-state index is 12.9. The third kappa shape index (κ3) is 4.98. The molecule has 1 spiro atoms. The molecular weight excluding hydrogens is 429 g/mol. The summed E-state index contributed by atoms with van der Waals surface area (Å²) in [4.78, 5) is 2.50. The number of hydrogen-bond acceptors (Lipinski definition) is 4. The number of piperidine rings is 2. The number of benzene rings is 2. The second-order valence-corrected chi connectivity index (χ2v) is 10.2. The highest BCUT2D eigenvalue weighted by molar-refractivity contribution is 7.89. The van der Waals surface area contributed by atoms with E-state index in [9.17, 15) is 21.6 Å². The summed E-state index contributed by atoms with van der Waals surface area (Å²) in [6.07, 6.45) is -1.18. The first kappa shape index (κ1) is 22.0. The molecule has 2 fully saturated rings. The Labute approximate surface area is 180 Å². The maximum absolute atomic E-state index is 12.9. The number of hydrogen-bond donors (Lipinski definition) is 0. The van der Waals surface area contributed by atoms with Crippen LogP contribution in [0.25, 0.3) is 0 Å². The highest BCUT2D eigenvalue weighted by Crippen LogP contribution is 2.42. The predicted octanol–water partition coefficient (Wildman–Crippen LogP) is 4.66. The van der Waals surface area contributed by atoms with Crippen LogP contribution in [0.1, 0.15) is 25.7 Å². The quantitative estimate of drug-likeness (QED) is 0.675. The molecule has 0 amide bonds. The molecule has 2 heterocycles. The average molecular weight is 455 g/mol. The van der Waals surface area contributed by atoms with E-state index in [2.05, 4.69) is 9.64 Å². The monoisotopic (exact) mass is 454 g/mol. The Balaban J connectivity index is 1.41. The average Bonchev–Trinajstić information content (AvgIpc) is 2.74. The third-order valence-electron chi connectivity index (χ3n) is 6.26. The van der Waals surface area contributed by atoms with E-state index in [4.69, 9.17) is 0 Å². The fourth-order valence-corrected chi connectivity index (χ4v) is 6.10. The first-order valence-electron chi connectivity index (χ1n) is 10.3. The van der Waals surface area contributed by atoms with Gasteiger partial charge < -0.3 is 9.64 Å². The number of nitrogens with zero attached hydrogens (tertiary/aromatic N) is 2. The van der Waals surface area contributed by atoms with Crippen LogP contribution in [-0.2, 0) is 10.0 Å². The Kier molecular flexibility index (Phi) is 5.91. The van der Waals surface area contributed by atoms with E-state index in [1.54, 1.807) is 46.8 Å². The van der Waals surface area contributed by atoms with Crippen LogP contribution < -0.4 is 9.64 Å². The zero-order chi connectivity index (χ0) is 22.1. The molecule has 2 saturated heterocycles. The van der Waals surface area contributed by atoms with Gasteiger partial charge in [0.2, 0.25) is 10.0 Å². The molecular formula is C22H25F3N2O3S. The smallest absolute Gasteiger partial charge is 0.406 e. The molecule has 2 aliphatic rings. The largest absolute Gasteiger partial charge is 0.573 e. The summed E-state index contributed by atoms with van der Waals surface area (Å²) >= 11 is 0. The standard InChI is InChI=1S/C22H25F3N2O3S/c23-22(24,25)30-19-9-7-18(8-10-19)26-14-4-11-21(17-26)12-15-27(16-13-21)31(28,29)20-5-2-1-3-6-20/h1-3,5-10H,4,11-17H2. The van der Waals surface area contributed by atoms with E-state index in [1.807, 2.05) is 0 Å². The minimum Gasteiger partial charge on any atom is -0.406 e. The van der Waals surface area contributed by atoms with Crippen LogP contribution in [-0.4, -0.2) is 45.3 Å². The van der Waals surface area contributed by atoms with Gasteiger partial charge in [-0.15, -0.1) is 13.2 Å². The SMILES string of the molecule is O=S(=O)(c1ccccc1)N1CCC2(CCCN(c3ccc(OC(F)(F)F)cc3)C2)CC1. The van der Waals surface area contributed by atoms with E-state index < -0.39 is 16.4 Å². The zero-order valence-corrected chi connectivity index (χ0v) is 17.8. The Morgan fingerprint density at radius 2 is 1.52 bits per heavy atom. The topological polar surface area (TPSA) is 49.9 Å². The van der Waals surface area contributed by atoms with Crippen LogP contribution in [0.15, 0.2) is 59.5 Å². The molecule has 9 heteroatoms. The lowest BCUT2D eigenvalue weighted by Gasteiger charge is -2.48. The van der Waals surface area contributed by atoms with Crippen molar-refractivity contribution in [2.24, 2.45) is 5.41 Å². The van der Waals surface area contributed by atoms with Crippen LogP contribution in [0.4, 0.5) is 18.9 Å². The molecule has 168 valence electrons. The van der Waals surface area contributed by atoms with Gasteiger partial charge in [0, 0.05) is 31.9 Å². The lowest BCUT2D eigenvalue weighted by atomic mass is 9.73. The minimum absolute atomic E-state index is 0.0160. The Morgan fingerprint density at radius 3 is 2.13 bits per heavy atom. The van der Waals surface area contributed by atoms with E-state index >= 15 is 0 Å². The number of alkyl halides is 3. The molecule has 2 aromatic carbocycles. The molecule has 31 heavy (non-hydrogen) atoms. The van der Waals surface area contributed by atoms with Crippen LogP contribution >= 0.6 is 0 Å². The number of anilines is 1. The van der Waals surface area contributed by atoms with Crippen molar-refractivity contribution in [2.75, 3.05) is 31.1 Å². The van der Waals surface area contributed by atoms with Gasteiger partial charge in [-0.1, -0.05) is 18.2 Å². The molecule has 5 nitrogen and oxygen atoms in total. The first-order chi connectivity index (χ1) is 14.7. The van der Waals surface area contributed by atoms with Crippen molar-refractivity contribution in [3.05, 3.63) is 54.6 Å². The molecule has 0 N–H and O–H groups in total. The normalized spacial score (nSPS) is 20.0. The fraction of sp³-hybridized carbons (Fsp3) is 0.455. The molecule has 4 rings (SSSR count).